The number of hydrogen-bond acceptors (Lipinski definition) is 4. The normalized spacial score (nSPS) is 16.2. The van der Waals surface area contributed by atoms with Crippen molar-refractivity contribution < 1.29 is 4.79 Å². The van der Waals surface area contributed by atoms with E-state index in [1.165, 1.54) is 5.56 Å². The first-order valence-electron chi connectivity index (χ1n) is 10.6. The molecule has 0 unspecified atom stereocenters. The molecule has 1 fully saturated rings. The largest absolute Gasteiger partial charge is 0.336 e. The van der Waals surface area contributed by atoms with E-state index in [9.17, 15) is 9.59 Å². The summed E-state index contributed by atoms with van der Waals surface area (Å²) in [6.45, 7) is 3.49. The van der Waals surface area contributed by atoms with Gasteiger partial charge in [0.25, 0.3) is 11.5 Å². The van der Waals surface area contributed by atoms with Crippen molar-refractivity contribution in [2.45, 2.75) is 45.2 Å². The number of amides is 1. The Hall–Kier alpha value is -3.22. The standard InChI is InChI=1S/C23H25N5O2/c1-16-9-12-27(18-7-8-18)23(30)21(16)22(29)26-11-10-20-24-19(25-28(20)14-13-26)15-17-5-3-2-4-6-17/h2-6,9,12,18H,7-8,10-11,13-15H2,1H3. The predicted molar refractivity (Wildman–Crippen MR) is 113 cm³/mol. The van der Waals surface area contributed by atoms with Gasteiger partial charge in [-0.3, -0.25) is 9.59 Å². The molecule has 1 aliphatic carbocycles. The zero-order valence-electron chi connectivity index (χ0n) is 17.1. The summed E-state index contributed by atoms with van der Waals surface area (Å²) in [5.41, 5.74) is 2.07. The summed E-state index contributed by atoms with van der Waals surface area (Å²) in [5.74, 6) is 1.53. The van der Waals surface area contributed by atoms with Crippen LogP contribution in [-0.2, 0) is 19.4 Å². The third-order valence-electron chi connectivity index (χ3n) is 5.95. The number of aryl methyl sites for hydroxylation is 1. The van der Waals surface area contributed by atoms with Gasteiger partial charge in [0.05, 0.1) is 6.54 Å². The van der Waals surface area contributed by atoms with Gasteiger partial charge in [-0.05, 0) is 37.0 Å². The van der Waals surface area contributed by atoms with Gasteiger partial charge in [0.1, 0.15) is 11.4 Å². The molecule has 7 heteroatoms. The van der Waals surface area contributed by atoms with Crippen molar-refractivity contribution in [3.63, 3.8) is 0 Å². The molecule has 2 aliphatic rings. The number of aromatic nitrogens is 4. The highest BCUT2D eigenvalue weighted by atomic mass is 16.2. The second-order valence-electron chi connectivity index (χ2n) is 8.19. The van der Waals surface area contributed by atoms with Crippen molar-refractivity contribution in [2.75, 3.05) is 13.1 Å². The fourth-order valence-corrected chi connectivity index (χ4v) is 4.11. The van der Waals surface area contributed by atoms with Gasteiger partial charge in [0, 0.05) is 38.2 Å². The number of nitrogens with zero attached hydrogens (tertiary/aromatic N) is 5. The van der Waals surface area contributed by atoms with E-state index in [-0.39, 0.29) is 17.5 Å². The van der Waals surface area contributed by atoms with Gasteiger partial charge >= 0.3 is 0 Å². The summed E-state index contributed by atoms with van der Waals surface area (Å²) in [6, 6.07) is 12.3. The van der Waals surface area contributed by atoms with Gasteiger partial charge in [-0.1, -0.05) is 30.3 Å². The Morgan fingerprint density at radius 1 is 1.10 bits per heavy atom. The molecule has 0 atom stereocenters. The lowest BCUT2D eigenvalue weighted by molar-refractivity contribution is 0.0755. The summed E-state index contributed by atoms with van der Waals surface area (Å²) in [4.78, 5) is 32.6. The van der Waals surface area contributed by atoms with Gasteiger partial charge in [-0.15, -0.1) is 0 Å². The summed E-state index contributed by atoms with van der Waals surface area (Å²) in [7, 11) is 0. The maximum absolute atomic E-state index is 13.2. The number of pyridine rings is 1. The summed E-state index contributed by atoms with van der Waals surface area (Å²) in [5, 5.41) is 4.66. The van der Waals surface area contributed by atoms with Gasteiger partial charge in [0.15, 0.2) is 5.82 Å². The Bertz CT molecular complexity index is 1120. The van der Waals surface area contributed by atoms with E-state index in [1.807, 2.05) is 42.1 Å². The van der Waals surface area contributed by atoms with Crippen LogP contribution < -0.4 is 5.56 Å². The minimum absolute atomic E-state index is 0.159. The van der Waals surface area contributed by atoms with E-state index < -0.39 is 0 Å². The van der Waals surface area contributed by atoms with E-state index in [1.54, 1.807) is 9.47 Å². The van der Waals surface area contributed by atoms with Crippen LogP contribution in [0.3, 0.4) is 0 Å². The highest BCUT2D eigenvalue weighted by Gasteiger charge is 2.29. The topological polar surface area (TPSA) is 73.0 Å². The molecule has 0 N–H and O–H groups in total. The number of fused-ring (bicyclic) bond motifs is 1. The number of carbonyl (C=O) groups is 1. The SMILES string of the molecule is Cc1ccn(C2CC2)c(=O)c1C(=O)N1CCc2nc(Cc3ccccc3)nn2CC1. The third kappa shape index (κ3) is 3.56. The molecule has 1 aromatic carbocycles. The molecule has 1 saturated carbocycles. The highest BCUT2D eigenvalue weighted by molar-refractivity contribution is 5.95. The number of carbonyl (C=O) groups excluding carboxylic acids is 1. The van der Waals surface area contributed by atoms with E-state index >= 15 is 0 Å². The monoisotopic (exact) mass is 403 g/mol. The maximum atomic E-state index is 13.2. The van der Waals surface area contributed by atoms with Gasteiger partial charge in [-0.2, -0.15) is 5.10 Å². The van der Waals surface area contributed by atoms with Crippen LogP contribution in [0.4, 0.5) is 0 Å². The van der Waals surface area contributed by atoms with E-state index in [2.05, 4.69) is 17.2 Å². The molecule has 0 spiro atoms. The highest BCUT2D eigenvalue weighted by Crippen LogP contribution is 2.33. The van der Waals surface area contributed by atoms with Crippen LogP contribution >= 0.6 is 0 Å². The second kappa shape index (κ2) is 7.55. The zero-order valence-corrected chi connectivity index (χ0v) is 17.1. The van der Waals surface area contributed by atoms with Crippen LogP contribution in [0.1, 0.15) is 52.0 Å². The molecular weight excluding hydrogens is 378 g/mol. The lowest BCUT2D eigenvalue weighted by atomic mass is 10.1. The van der Waals surface area contributed by atoms with Crippen molar-refractivity contribution >= 4 is 5.91 Å². The van der Waals surface area contributed by atoms with E-state index in [4.69, 9.17) is 4.98 Å². The molecule has 5 rings (SSSR count). The first-order valence-corrected chi connectivity index (χ1v) is 10.6. The fraction of sp³-hybridized carbons (Fsp3) is 0.391. The molecule has 30 heavy (non-hydrogen) atoms. The quantitative estimate of drug-likeness (QED) is 0.670. The van der Waals surface area contributed by atoms with E-state index in [0.29, 0.717) is 38.0 Å². The van der Waals surface area contributed by atoms with Gasteiger partial charge in [-0.25, -0.2) is 9.67 Å². The van der Waals surface area contributed by atoms with E-state index in [0.717, 1.165) is 30.1 Å². The zero-order chi connectivity index (χ0) is 20.7. The van der Waals surface area contributed by atoms with Crippen LogP contribution in [0.25, 0.3) is 0 Å². The summed E-state index contributed by atoms with van der Waals surface area (Å²) < 4.78 is 3.63. The Morgan fingerprint density at radius 3 is 2.67 bits per heavy atom. The van der Waals surface area contributed by atoms with Gasteiger partial charge in [0.2, 0.25) is 0 Å². The average Bonchev–Trinajstić information content (AvgIpc) is 3.53. The Kier molecular flexibility index (Phi) is 4.73. The molecule has 2 aromatic heterocycles. The van der Waals surface area contributed by atoms with Crippen LogP contribution in [0, 0.1) is 6.92 Å². The van der Waals surface area contributed by atoms with Gasteiger partial charge < -0.3 is 9.47 Å². The Balaban J connectivity index is 1.32. The van der Waals surface area contributed by atoms with Crippen LogP contribution in [-0.4, -0.2) is 43.2 Å². The fourth-order valence-electron chi connectivity index (χ4n) is 4.11. The van der Waals surface area contributed by atoms with Crippen molar-refractivity contribution in [3.05, 3.63) is 81.3 Å². The minimum Gasteiger partial charge on any atom is -0.336 e. The number of hydrogen-bond donors (Lipinski definition) is 0. The molecule has 0 radical (unpaired) electrons. The number of benzene rings is 1. The van der Waals surface area contributed by atoms with Crippen LogP contribution in [0.15, 0.2) is 47.4 Å². The predicted octanol–water partition coefficient (Wildman–Crippen LogP) is 2.37. The first kappa shape index (κ1) is 18.8. The molecule has 0 bridgehead atoms. The summed E-state index contributed by atoms with van der Waals surface area (Å²) in [6.07, 6.45) is 5.18. The third-order valence-corrected chi connectivity index (χ3v) is 5.95. The van der Waals surface area contributed by atoms with Crippen molar-refractivity contribution in [2.24, 2.45) is 0 Å². The Morgan fingerprint density at radius 2 is 1.90 bits per heavy atom. The van der Waals surface area contributed by atoms with Crippen LogP contribution in [0.5, 0.6) is 0 Å². The molecule has 3 aromatic rings. The second-order valence-corrected chi connectivity index (χ2v) is 8.19. The molecular formula is C23H25N5O2. The average molecular weight is 403 g/mol. The lowest BCUT2D eigenvalue weighted by Crippen LogP contribution is -2.39. The molecule has 0 saturated heterocycles. The molecule has 1 aliphatic heterocycles. The lowest BCUT2D eigenvalue weighted by Gasteiger charge is -2.21. The maximum Gasteiger partial charge on any atom is 0.263 e. The summed E-state index contributed by atoms with van der Waals surface area (Å²) >= 11 is 0. The molecule has 3 heterocycles. The van der Waals surface area contributed by atoms with Crippen molar-refractivity contribution in [1.29, 1.82) is 0 Å². The molecule has 7 nitrogen and oxygen atoms in total. The minimum atomic E-state index is -0.178. The smallest absolute Gasteiger partial charge is 0.263 e. The Labute approximate surface area is 175 Å². The van der Waals surface area contributed by atoms with Crippen molar-refractivity contribution in [3.8, 4) is 0 Å². The molecule has 1 amide bonds. The number of rotatable bonds is 4. The van der Waals surface area contributed by atoms with Crippen molar-refractivity contribution in [1.82, 2.24) is 24.2 Å². The first-order chi connectivity index (χ1) is 14.6. The molecule has 154 valence electrons. The van der Waals surface area contributed by atoms with Crippen LogP contribution in [0.2, 0.25) is 0 Å².